The molecule has 2 saturated heterocycles. The van der Waals surface area contributed by atoms with Gasteiger partial charge in [0.25, 0.3) is 11.8 Å². The van der Waals surface area contributed by atoms with Gasteiger partial charge in [0.05, 0.1) is 5.56 Å². The highest BCUT2D eigenvalue weighted by atomic mass is 35.5. The third kappa shape index (κ3) is 4.50. The molecule has 0 unspecified atom stereocenters. The van der Waals surface area contributed by atoms with E-state index in [2.05, 4.69) is 10.6 Å². The number of nitrogens with one attached hydrogen (secondary N) is 2. The predicted octanol–water partition coefficient (Wildman–Crippen LogP) is 4.02. The number of aryl methyl sites for hydroxylation is 1. The van der Waals surface area contributed by atoms with Crippen LogP contribution >= 0.6 is 12.4 Å². The van der Waals surface area contributed by atoms with E-state index < -0.39 is 11.7 Å². The number of carbonyl (C=O) groups excluding carboxylic acids is 2. The maximum atomic E-state index is 13.9. The third-order valence-corrected chi connectivity index (χ3v) is 6.29. The van der Waals surface area contributed by atoms with E-state index in [4.69, 9.17) is 0 Å². The van der Waals surface area contributed by atoms with Gasteiger partial charge in [-0.15, -0.1) is 12.4 Å². The maximum Gasteiger partial charge on any atom is 0.258 e. The van der Waals surface area contributed by atoms with Gasteiger partial charge in [0.15, 0.2) is 0 Å². The van der Waals surface area contributed by atoms with Gasteiger partial charge < -0.3 is 15.5 Å². The number of likely N-dealkylation sites (tertiary alicyclic amines) is 1. The van der Waals surface area contributed by atoms with Crippen molar-refractivity contribution in [2.24, 2.45) is 5.41 Å². The minimum atomic E-state index is -0.571. The molecular weight excluding hydrogens is 405 g/mol. The Morgan fingerprint density at radius 1 is 1.10 bits per heavy atom. The number of rotatable bonds is 3. The number of nitrogens with zero attached hydrogens (tertiary/aromatic N) is 1. The Morgan fingerprint density at radius 3 is 2.50 bits per heavy atom. The van der Waals surface area contributed by atoms with Crippen LogP contribution in [-0.4, -0.2) is 42.9 Å². The van der Waals surface area contributed by atoms with E-state index in [-0.39, 0.29) is 23.9 Å². The van der Waals surface area contributed by atoms with Gasteiger partial charge in [0.2, 0.25) is 0 Å². The van der Waals surface area contributed by atoms with E-state index in [1.54, 1.807) is 24.3 Å². The fourth-order valence-electron chi connectivity index (χ4n) is 4.31. The molecule has 2 aliphatic rings. The fourth-order valence-corrected chi connectivity index (χ4v) is 4.31. The smallest absolute Gasteiger partial charge is 0.258 e. The lowest BCUT2D eigenvalue weighted by molar-refractivity contribution is 0.0607. The van der Waals surface area contributed by atoms with Crippen molar-refractivity contribution in [1.82, 2.24) is 10.2 Å². The second-order valence-electron chi connectivity index (χ2n) is 8.18. The van der Waals surface area contributed by atoms with Crippen molar-refractivity contribution in [2.75, 3.05) is 31.5 Å². The first kappa shape index (κ1) is 22.2. The topological polar surface area (TPSA) is 61.4 Å². The van der Waals surface area contributed by atoms with Gasteiger partial charge >= 0.3 is 0 Å². The van der Waals surface area contributed by atoms with Crippen LogP contribution in [0.25, 0.3) is 0 Å². The molecule has 2 N–H and O–H groups in total. The van der Waals surface area contributed by atoms with E-state index in [1.807, 2.05) is 17.9 Å². The summed E-state index contributed by atoms with van der Waals surface area (Å²) in [6, 6.07) is 11.2. The summed E-state index contributed by atoms with van der Waals surface area (Å²) in [5.74, 6) is -1.12. The first-order chi connectivity index (χ1) is 14.0. The number of piperidine rings is 1. The Hall–Kier alpha value is -2.44. The van der Waals surface area contributed by atoms with E-state index in [1.165, 1.54) is 18.6 Å². The van der Waals surface area contributed by atoms with Crippen molar-refractivity contribution in [3.63, 3.8) is 0 Å². The van der Waals surface area contributed by atoms with Crippen LogP contribution in [0.2, 0.25) is 0 Å². The van der Waals surface area contributed by atoms with Gasteiger partial charge in [-0.2, -0.15) is 0 Å². The highest BCUT2D eigenvalue weighted by Gasteiger charge is 2.38. The normalized spacial score (nSPS) is 17.5. The van der Waals surface area contributed by atoms with Crippen LogP contribution in [0.15, 0.2) is 42.5 Å². The summed E-state index contributed by atoms with van der Waals surface area (Å²) < 4.78 is 13.9. The highest BCUT2D eigenvalue weighted by molar-refractivity contribution is 6.05. The van der Waals surface area contributed by atoms with Crippen molar-refractivity contribution in [3.05, 3.63) is 65.0 Å². The average molecular weight is 432 g/mol. The van der Waals surface area contributed by atoms with Crippen LogP contribution in [0.4, 0.5) is 10.1 Å². The molecule has 2 amide bonds. The Morgan fingerprint density at radius 2 is 1.83 bits per heavy atom. The largest absolute Gasteiger partial charge is 0.339 e. The summed E-state index contributed by atoms with van der Waals surface area (Å²) in [6.07, 6.45) is 3.23. The Bertz CT molecular complexity index is 934. The third-order valence-electron chi connectivity index (χ3n) is 6.29. The van der Waals surface area contributed by atoms with Crippen molar-refractivity contribution in [3.8, 4) is 0 Å². The van der Waals surface area contributed by atoms with Gasteiger partial charge in [-0.1, -0.05) is 18.2 Å². The first-order valence-corrected chi connectivity index (χ1v) is 10.1. The van der Waals surface area contributed by atoms with Crippen molar-refractivity contribution < 1.29 is 14.0 Å². The van der Waals surface area contributed by atoms with E-state index in [0.29, 0.717) is 16.7 Å². The molecule has 2 aromatic rings. The van der Waals surface area contributed by atoms with Crippen LogP contribution in [0.3, 0.4) is 0 Å². The predicted molar refractivity (Wildman–Crippen MR) is 118 cm³/mol. The fraction of sp³-hybridized carbons (Fsp3) is 0.391. The number of carbonyl (C=O) groups is 2. The minimum Gasteiger partial charge on any atom is -0.339 e. The van der Waals surface area contributed by atoms with Gasteiger partial charge in [-0.3, -0.25) is 9.59 Å². The van der Waals surface area contributed by atoms with Crippen molar-refractivity contribution in [1.29, 1.82) is 0 Å². The summed E-state index contributed by atoms with van der Waals surface area (Å²) in [4.78, 5) is 27.4. The van der Waals surface area contributed by atoms with Gasteiger partial charge in [-0.25, -0.2) is 4.39 Å². The molecule has 0 aliphatic carbocycles. The zero-order valence-electron chi connectivity index (χ0n) is 17.0. The number of hydrogen-bond acceptors (Lipinski definition) is 3. The van der Waals surface area contributed by atoms with E-state index >= 15 is 0 Å². The van der Waals surface area contributed by atoms with E-state index in [0.717, 1.165) is 44.6 Å². The highest BCUT2D eigenvalue weighted by Crippen LogP contribution is 2.37. The van der Waals surface area contributed by atoms with Gasteiger partial charge in [0.1, 0.15) is 5.82 Å². The Labute approximate surface area is 182 Å². The van der Waals surface area contributed by atoms with Crippen molar-refractivity contribution >= 4 is 29.9 Å². The number of hydrogen-bond donors (Lipinski definition) is 2. The number of anilines is 1. The quantitative estimate of drug-likeness (QED) is 0.771. The van der Waals surface area contributed by atoms with Crippen LogP contribution in [0.5, 0.6) is 0 Å². The summed E-state index contributed by atoms with van der Waals surface area (Å²) in [7, 11) is 0. The molecule has 0 radical (unpaired) electrons. The lowest BCUT2D eigenvalue weighted by Crippen LogP contribution is -2.44. The SMILES string of the molecule is Cc1ccc(C(=O)N2CCC3(CCNC3)CC2)cc1NC(=O)c1ccccc1F.Cl. The molecule has 7 heteroatoms. The van der Waals surface area contributed by atoms with Crippen LogP contribution < -0.4 is 10.6 Å². The molecule has 1 spiro atoms. The zero-order valence-corrected chi connectivity index (χ0v) is 17.9. The molecule has 2 aromatic carbocycles. The zero-order chi connectivity index (χ0) is 20.4. The van der Waals surface area contributed by atoms with E-state index in [9.17, 15) is 14.0 Å². The summed E-state index contributed by atoms with van der Waals surface area (Å²) >= 11 is 0. The van der Waals surface area contributed by atoms with Crippen LogP contribution in [0, 0.1) is 18.2 Å². The molecule has 2 heterocycles. The van der Waals surface area contributed by atoms with Crippen molar-refractivity contribution in [2.45, 2.75) is 26.2 Å². The van der Waals surface area contributed by atoms with Crippen LogP contribution in [-0.2, 0) is 0 Å². The number of halogens is 2. The molecule has 160 valence electrons. The molecule has 2 fully saturated rings. The Balaban J connectivity index is 0.00000256. The van der Waals surface area contributed by atoms with Crippen LogP contribution in [0.1, 0.15) is 45.5 Å². The average Bonchev–Trinajstić information content (AvgIpc) is 3.18. The summed E-state index contributed by atoms with van der Waals surface area (Å²) in [5.41, 5.74) is 2.22. The lowest BCUT2D eigenvalue weighted by atomic mass is 9.78. The second-order valence-corrected chi connectivity index (χ2v) is 8.18. The number of benzene rings is 2. The standard InChI is InChI=1S/C23H26FN3O2.ClH/c1-16-6-7-17(14-20(16)26-21(28)18-4-2-3-5-19(18)24)22(29)27-12-9-23(10-13-27)8-11-25-15-23;/h2-7,14,25H,8-13,15H2,1H3,(H,26,28);1H. The molecule has 30 heavy (non-hydrogen) atoms. The van der Waals surface area contributed by atoms with Gasteiger partial charge in [-0.05, 0) is 68.0 Å². The number of amides is 2. The molecule has 0 saturated carbocycles. The molecule has 0 atom stereocenters. The molecule has 0 aromatic heterocycles. The second kappa shape index (κ2) is 9.14. The minimum absolute atomic E-state index is 0. The molecule has 0 bridgehead atoms. The maximum absolute atomic E-state index is 13.9. The summed E-state index contributed by atoms with van der Waals surface area (Å²) in [5, 5.41) is 6.18. The Kier molecular flexibility index (Phi) is 6.78. The first-order valence-electron chi connectivity index (χ1n) is 10.1. The van der Waals surface area contributed by atoms with Gasteiger partial charge in [0, 0.05) is 30.9 Å². The molecule has 5 nitrogen and oxygen atoms in total. The molecule has 4 rings (SSSR count). The molecular formula is C23H27ClFN3O2. The molecule has 2 aliphatic heterocycles. The summed E-state index contributed by atoms with van der Waals surface area (Å²) in [6.45, 7) is 5.47. The monoisotopic (exact) mass is 431 g/mol. The lowest BCUT2D eigenvalue weighted by Gasteiger charge is -2.39.